The maximum absolute atomic E-state index is 5.22. The van der Waals surface area contributed by atoms with E-state index in [1.165, 1.54) is 12.8 Å². The number of nitrogens with zero attached hydrogens (tertiary/aromatic N) is 3. The Kier molecular flexibility index (Phi) is 4.72. The van der Waals surface area contributed by atoms with Crippen molar-refractivity contribution < 1.29 is 4.52 Å². The van der Waals surface area contributed by atoms with Crippen molar-refractivity contribution >= 4 is 0 Å². The van der Waals surface area contributed by atoms with Gasteiger partial charge in [-0.3, -0.25) is 4.90 Å². The van der Waals surface area contributed by atoms with Gasteiger partial charge in [-0.05, 0) is 32.2 Å². The Hall–Kier alpha value is -0.940. The average Bonchev–Trinajstić information content (AvgIpc) is 2.89. The summed E-state index contributed by atoms with van der Waals surface area (Å²) in [6, 6.07) is 0.618. The second-order valence-corrected chi connectivity index (χ2v) is 5.62. The highest BCUT2D eigenvalue weighted by atomic mass is 16.5. The number of nitrogens with one attached hydrogen (secondary N) is 1. The van der Waals surface area contributed by atoms with Crippen LogP contribution in [-0.2, 0) is 6.54 Å². The Bertz CT molecular complexity index is 358. The molecule has 0 spiro atoms. The lowest BCUT2D eigenvalue weighted by molar-refractivity contribution is 0.190. The lowest BCUT2D eigenvalue weighted by atomic mass is 10.1. The number of hydrogen-bond acceptors (Lipinski definition) is 5. The summed E-state index contributed by atoms with van der Waals surface area (Å²) in [5.74, 6) is 2.09. The zero-order chi connectivity index (χ0) is 13.0. The van der Waals surface area contributed by atoms with Crippen molar-refractivity contribution in [3.05, 3.63) is 11.7 Å². The number of aromatic nitrogens is 2. The number of hydrogen-bond donors (Lipinski definition) is 1. The monoisotopic (exact) mass is 252 g/mol. The van der Waals surface area contributed by atoms with Crippen LogP contribution in [0.3, 0.4) is 0 Å². The summed E-state index contributed by atoms with van der Waals surface area (Å²) < 4.78 is 5.22. The van der Waals surface area contributed by atoms with Gasteiger partial charge in [-0.25, -0.2) is 0 Å². The van der Waals surface area contributed by atoms with Gasteiger partial charge in [0.2, 0.25) is 5.89 Å². The van der Waals surface area contributed by atoms with Crippen LogP contribution in [0.4, 0.5) is 0 Å². The molecule has 1 saturated heterocycles. The minimum Gasteiger partial charge on any atom is -0.338 e. The molecule has 1 N–H and O–H groups in total. The molecule has 0 bridgehead atoms. The lowest BCUT2D eigenvalue weighted by Crippen LogP contribution is -2.39. The molecule has 0 radical (unpaired) electrons. The van der Waals surface area contributed by atoms with Gasteiger partial charge >= 0.3 is 0 Å². The Morgan fingerprint density at radius 1 is 1.50 bits per heavy atom. The first-order chi connectivity index (χ1) is 8.63. The Morgan fingerprint density at radius 3 is 2.89 bits per heavy atom. The predicted molar refractivity (Wildman–Crippen MR) is 70.2 cm³/mol. The van der Waals surface area contributed by atoms with E-state index in [0.717, 1.165) is 32.1 Å². The molecule has 0 aliphatic carbocycles. The molecule has 1 aromatic heterocycles. The summed E-state index contributed by atoms with van der Waals surface area (Å²) in [5.41, 5.74) is 0. The molecule has 1 aromatic rings. The topological polar surface area (TPSA) is 54.2 Å². The summed E-state index contributed by atoms with van der Waals surface area (Å²) >= 11 is 0. The Morgan fingerprint density at radius 2 is 2.33 bits per heavy atom. The maximum Gasteiger partial charge on any atom is 0.240 e. The largest absolute Gasteiger partial charge is 0.338 e. The normalized spacial score (nSPS) is 20.2. The molecule has 1 atom stereocenters. The summed E-state index contributed by atoms with van der Waals surface area (Å²) in [4.78, 5) is 6.71. The minimum atomic E-state index is 0.618. The molecular weight excluding hydrogens is 228 g/mol. The molecule has 0 amide bonds. The second kappa shape index (κ2) is 6.29. The molecule has 0 aromatic carbocycles. The minimum absolute atomic E-state index is 0.618. The van der Waals surface area contributed by atoms with Gasteiger partial charge in [0, 0.05) is 19.1 Å². The fourth-order valence-corrected chi connectivity index (χ4v) is 2.54. The van der Waals surface area contributed by atoms with Crippen molar-refractivity contribution in [3.8, 4) is 0 Å². The SMILES string of the molecule is Cc1noc(CN(CC(C)C)CC2CCCN2)n1. The van der Waals surface area contributed by atoms with Gasteiger partial charge in [-0.1, -0.05) is 19.0 Å². The molecular formula is C13H24N4O. The number of rotatable bonds is 6. The van der Waals surface area contributed by atoms with Gasteiger partial charge < -0.3 is 9.84 Å². The molecule has 2 rings (SSSR count). The standard InChI is InChI=1S/C13H24N4O/c1-10(2)7-17(8-12-5-4-6-14-12)9-13-15-11(3)16-18-13/h10,12,14H,4-9H2,1-3H3. The number of aryl methyl sites for hydroxylation is 1. The van der Waals surface area contributed by atoms with Gasteiger partial charge in [-0.15, -0.1) is 0 Å². The quantitative estimate of drug-likeness (QED) is 0.833. The summed E-state index contributed by atoms with van der Waals surface area (Å²) in [5, 5.41) is 7.40. The highest BCUT2D eigenvalue weighted by Gasteiger charge is 2.20. The van der Waals surface area contributed by atoms with Crippen LogP contribution < -0.4 is 5.32 Å². The van der Waals surface area contributed by atoms with Crippen molar-refractivity contribution in [2.24, 2.45) is 5.92 Å². The first kappa shape index (κ1) is 13.5. The summed E-state index contributed by atoms with van der Waals surface area (Å²) in [6.45, 7) is 10.4. The van der Waals surface area contributed by atoms with Gasteiger partial charge in [-0.2, -0.15) is 4.98 Å². The highest BCUT2D eigenvalue weighted by Crippen LogP contribution is 2.11. The smallest absolute Gasteiger partial charge is 0.240 e. The van der Waals surface area contributed by atoms with Crippen LogP contribution in [0.5, 0.6) is 0 Å². The van der Waals surface area contributed by atoms with Crippen LogP contribution in [0, 0.1) is 12.8 Å². The van der Waals surface area contributed by atoms with Crippen LogP contribution in [0.1, 0.15) is 38.4 Å². The Labute approximate surface area is 109 Å². The van der Waals surface area contributed by atoms with E-state index in [1.54, 1.807) is 0 Å². The van der Waals surface area contributed by atoms with Crippen molar-refractivity contribution in [2.75, 3.05) is 19.6 Å². The third kappa shape index (κ3) is 4.07. The fraction of sp³-hybridized carbons (Fsp3) is 0.846. The molecule has 5 heteroatoms. The molecule has 1 aliphatic rings. The van der Waals surface area contributed by atoms with E-state index >= 15 is 0 Å². The van der Waals surface area contributed by atoms with Gasteiger partial charge in [0.05, 0.1) is 6.54 Å². The molecule has 1 aliphatic heterocycles. The van der Waals surface area contributed by atoms with E-state index in [1.807, 2.05) is 6.92 Å². The van der Waals surface area contributed by atoms with Gasteiger partial charge in [0.1, 0.15) is 0 Å². The van der Waals surface area contributed by atoms with Crippen molar-refractivity contribution in [1.29, 1.82) is 0 Å². The average molecular weight is 252 g/mol. The van der Waals surface area contributed by atoms with E-state index in [-0.39, 0.29) is 0 Å². The van der Waals surface area contributed by atoms with Crippen molar-refractivity contribution in [2.45, 2.75) is 46.2 Å². The fourth-order valence-electron chi connectivity index (χ4n) is 2.54. The predicted octanol–water partition coefficient (Wildman–Crippen LogP) is 1.59. The molecule has 102 valence electrons. The van der Waals surface area contributed by atoms with Crippen LogP contribution in [0.15, 0.2) is 4.52 Å². The summed E-state index contributed by atoms with van der Waals surface area (Å²) in [7, 11) is 0. The molecule has 5 nitrogen and oxygen atoms in total. The van der Waals surface area contributed by atoms with Crippen LogP contribution >= 0.6 is 0 Å². The first-order valence-corrected chi connectivity index (χ1v) is 6.88. The van der Waals surface area contributed by atoms with Crippen molar-refractivity contribution in [1.82, 2.24) is 20.4 Å². The van der Waals surface area contributed by atoms with E-state index < -0.39 is 0 Å². The van der Waals surface area contributed by atoms with Gasteiger partial charge in [0.15, 0.2) is 5.82 Å². The zero-order valence-corrected chi connectivity index (χ0v) is 11.6. The zero-order valence-electron chi connectivity index (χ0n) is 11.6. The molecule has 1 fully saturated rings. The van der Waals surface area contributed by atoms with Crippen LogP contribution in [-0.4, -0.2) is 40.7 Å². The third-order valence-electron chi connectivity index (χ3n) is 3.19. The first-order valence-electron chi connectivity index (χ1n) is 6.88. The maximum atomic E-state index is 5.22. The Balaban J connectivity index is 1.91. The van der Waals surface area contributed by atoms with Crippen molar-refractivity contribution in [3.63, 3.8) is 0 Å². The summed E-state index contributed by atoms with van der Waals surface area (Å²) in [6.07, 6.45) is 2.57. The third-order valence-corrected chi connectivity index (χ3v) is 3.19. The highest BCUT2D eigenvalue weighted by molar-refractivity contribution is 4.85. The van der Waals surface area contributed by atoms with E-state index in [4.69, 9.17) is 4.52 Å². The van der Waals surface area contributed by atoms with E-state index in [2.05, 4.69) is 34.2 Å². The molecule has 1 unspecified atom stereocenters. The molecule has 18 heavy (non-hydrogen) atoms. The van der Waals surface area contributed by atoms with Crippen LogP contribution in [0.2, 0.25) is 0 Å². The molecule has 2 heterocycles. The lowest BCUT2D eigenvalue weighted by Gasteiger charge is -2.25. The van der Waals surface area contributed by atoms with E-state index in [9.17, 15) is 0 Å². The molecule has 0 saturated carbocycles. The van der Waals surface area contributed by atoms with E-state index in [0.29, 0.717) is 17.8 Å². The van der Waals surface area contributed by atoms with Gasteiger partial charge in [0.25, 0.3) is 0 Å². The van der Waals surface area contributed by atoms with Crippen LogP contribution in [0.25, 0.3) is 0 Å². The second-order valence-electron chi connectivity index (χ2n) is 5.62.